The van der Waals surface area contributed by atoms with Gasteiger partial charge in [0, 0.05) is 12.8 Å². The zero-order chi connectivity index (χ0) is 28.7. The fourth-order valence-electron chi connectivity index (χ4n) is 4.21. The zero-order valence-corrected chi connectivity index (χ0v) is 25.4. The number of aliphatic hydroxyl groups excluding tert-OH is 1. The van der Waals surface area contributed by atoms with Gasteiger partial charge in [0.05, 0.1) is 6.61 Å². The molecule has 0 aromatic heterocycles. The highest BCUT2D eigenvalue weighted by atomic mass is 16.6. The maximum atomic E-state index is 12.1. The Morgan fingerprint density at radius 1 is 0.590 bits per heavy atom. The molecule has 0 aromatic rings. The summed E-state index contributed by atoms with van der Waals surface area (Å²) in [5.41, 5.74) is 0. The summed E-state index contributed by atoms with van der Waals surface area (Å²) in [5.74, 6) is -0.624. The smallest absolute Gasteiger partial charge is 0.306 e. The van der Waals surface area contributed by atoms with E-state index in [1.807, 2.05) is 0 Å². The minimum atomic E-state index is -0.777. The van der Waals surface area contributed by atoms with E-state index in [9.17, 15) is 14.7 Å². The van der Waals surface area contributed by atoms with Crippen molar-refractivity contribution in [3.05, 3.63) is 36.5 Å². The average Bonchev–Trinajstić information content (AvgIpc) is 2.94. The van der Waals surface area contributed by atoms with Crippen LogP contribution in [-0.4, -0.2) is 36.4 Å². The summed E-state index contributed by atoms with van der Waals surface area (Å²) in [6.45, 7) is 4.03. The van der Waals surface area contributed by atoms with Gasteiger partial charge in [-0.2, -0.15) is 0 Å². The number of hydrogen-bond acceptors (Lipinski definition) is 5. The third-order valence-electron chi connectivity index (χ3n) is 6.69. The Morgan fingerprint density at radius 3 is 1.59 bits per heavy atom. The van der Waals surface area contributed by atoms with Crippen molar-refractivity contribution in [2.75, 3.05) is 13.2 Å². The van der Waals surface area contributed by atoms with E-state index in [1.165, 1.54) is 57.8 Å². The summed E-state index contributed by atoms with van der Waals surface area (Å²) in [4.78, 5) is 24.0. The van der Waals surface area contributed by atoms with Gasteiger partial charge in [-0.15, -0.1) is 0 Å². The third-order valence-corrected chi connectivity index (χ3v) is 6.69. The van der Waals surface area contributed by atoms with Crippen molar-refractivity contribution >= 4 is 11.9 Å². The van der Waals surface area contributed by atoms with Gasteiger partial charge in [0.15, 0.2) is 6.10 Å². The summed E-state index contributed by atoms with van der Waals surface area (Å²) in [6.07, 6.45) is 34.8. The molecule has 0 aromatic carbocycles. The van der Waals surface area contributed by atoms with Gasteiger partial charge in [0.1, 0.15) is 6.61 Å². The quantitative estimate of drug-likeness (QED) is 0.0599. The molecule has 0 rings (SSSR count). The number of unbranched alkanes of at least 4 members (excludes halogenated alkanes) is 14. The lowest BCUT2D eigenvalue weighted by atomic mass is 10.1. The predicted octanol–water partition coefficient (Wildman–Crippen LogP) is 9.33. The first kappa shape index (κ1) is 37.1. The Morgan fingerprint density at radius 2 is 1.03 bits per heavy atom. The molecular formula is C34H60O5. The van der Waals surface area contributed by atoms with Crippen LogP contribution >= 0.6 is 0 Å². The van der Waals surface area contributed by atoms with Gasteiger partial charge in [0.25, 0.3) is 0 Å². The second-order valence-electron chi connectivity index (χ2n) is 10.5. The van der Waals surface area contributed by atoms with E-state index >= 15 is 0 Å². The number of ether oxygens (including phenoxy) is 2. The molecule has 0 fully saturated rings. The molecule has 0 aliphatic carbocycles. The molecule has 0 heterocycles. The van der Waals surface area contributed by atoms with Crippen LogP contribution in [0.3, 0.4) is 0 Å². The first-order valence-electron chi connectivity index (χ1n) is 16.0. The molecule has 0 unspecified atom stereocenters. The predicted molar refractivity (Wildman–Crippen MR) is 164 cm³/mol. The molecule has 0 saturated heterocycles. The molecule has 5 heteroatoms. The maximum Gasteiger partial charge on any atom is 0.306 e. The molecule has 0 amide bonds. The largest absolute Gasteiger partial charge is 0.462 e. The minimum Gasteiger partial charge on any atom is -0.462 e. The molecule has 0 aliphatic rings. The summed E-state index contributed by atoms with van der Waals surface area (Å²) in [7, 11) is 0. The molecular weight excluding hydrogens is 488 g/mol. The van der Waals surface area contributed by atoms with Crippen molar-refractivity contribution < 1.29 is 24.2 Å². The summed E-state index contributed by atoms with van der Waals surface area (Å²) in [6, 6.07) is 0. The second kappa shape index (κ2) is 30.7. The third kappa shape index (κ3) is 28.9. The first-order chi connectivity index (χ1) is 19.1. The molecule has 0 radical (unpaired) electrons. The van der Waals surface area contributed by atoms with Crippen molar-refractivity contribution in [2.24, 2.45) is 0 Å². The van der Waals surface area contributed by atoms with Gasteiger partial charge >= 0.3 is 11.9 Å². The van der Waals surface area contributed by atoms with Crippen molar-refractivity contribution in [1.29, 1.82) is 0 Å². The van der Waals surface area contributed by atoms with E-state index in [-0.39, 0.29) is 25.2 Å². The number of carbonyl (C=O) groups is 2. The van der Waals surface area contributed by atoms with Crippen LogP contribution in [0, 0.1) is 0 Å². The standard InChI is InChI=1S/C34H60O5/c1-3-5-7-9-11-13-14-15-16-17-18-19-20-21-23-25-27-29-34(37)39-32(30-35)31-38-33(36)28-26-24-22-12-10-8-6-4-2/h11,13,15-16,18-19,32,35H,3-10,12,14,17,20-31H2,1-2H3/b13-11+,16-15+,19-18+/t32-/m0/s1. The van der Waals surface area contributed by atoms with Gasteiger partial charge in [-0.1, -0.05) is 121 Å². The van der Waals surface area contributed by atoms with Gasteiger partial charge in [-0.3, -0.25) is 9.59 Å². The number of esters is 2. The van der Waals surface area contributed by atoms with Crippen molar-refractivity contribution in [3.63, 3.8) is 0 Å². The van der Waals surface area contributed by atoms with E-state index in [0.29, 0.717) is 12.8 Å². The van der Waals surface area contributed by atoms with E-state index in [4.69, 9.17) is 9.47 Å². The van der Waals surface area contributed by atoms with E-state index < -0.39 is 6.10 Å². The van der Waals surface area contributed by atoms with Crippen molar-refractivity contribution in [3.8, 4) is 0 Å². The second-order valence-corrected chi connectivity index (χ2v) is 10.5. The Labute approximate surface area is 240 Å². The number of aliphatic hydroxyl groups is 1. The van der Waals surface area contributed by atoms with Crippen molar-refractivity contribution in [2.45, 2.75) is 155 Å². The van der Waals surface area contributed by atoms with E-state index in [0.717, 1.165) is 64.2 Å². The van der Waals surface area contributed by atoms with Crippen LogP contribution in [0.1, 0.15) is 149 Å². The molecule has 0 spiro atoms. The molecule has 0 aliphatic heterocycles. The molecule has 1 N–H and O–H groups in total. The minimum absolute atomic E-state index is 0.0740. The normalized spacial score (nSPS) is 12.6. The maximum absolute atomic E-state index is 12.1. The number of hydrogen-bond donors (Lipinski definition) is 1. The van der Waals surface area contributed by atoms with Crippen LogP contribution in [0.25, 0.3) is 0 Å². The number of carbonyl (C=O) groups excluding carboxylic acids is 2. The lowest BCUT2D eigenvalue weighted by molar-refractivity contribution is -0.161. The summed E-state index contributed by atoms with van der Waals surface area (Å²) < 4.78 is 10.5. The average molecular weight is 549 g/mol. The van der Waals surface area contributed by atoms with Crippen LogP contribution in [-0.2, 0) is 19.1 Å². The fourth-order valence-corrected chi connectivity index (χ4v) is 4.21. The summed E-state index contributed by atoms with van der Waals surface area (Å²) >= 11 is 0. The Balaban J connectivity index is 3.65. The molecule has 0 saturated carbocycles. The zero-order valence-electron chi connectivity index (χ0n) is 25.4. The van der Waals surface area contributed by atoms with E-state index in [2.05, 4.69) is 50.3 Å². The van der Waals surface area contributed by atoms with Crippen molar-refractivity contribution in [1.82, 2.24) is 0 Å². The van der Waals surface area contributed by atoms with Gasteiger partial charge in [-0.25, -0.2) is 0 Å². The SMILES string of the molecule is CCCCC/C=C/C/C=C/C/C=C/CCCCCCC(=O)O[C@@H](CO)COC(=O)CCCCCCCCCC. The number of rotatable bonds is 28. The Bertz CT molecular complexity index is 637. The van der Waals surface area contributed by atoms with Crippen LogP contribution in [0.15, 0.2) is 36.5 Å². The summed E-state index contributed by atoms with van der Waals surface area (Å²) in [5, 5.41) is 9.46. The topological polar surface area (TPSA) is 72.8 Å². The van der Waals surface area contributed by atoms with Crippen LogP contribution in [0.2, 0.25) is 0 Å². The Hall–Kier alpha value is -1.88. The molecule has 226 valence electrons. The van der Waals surface area contributed by atoms with Crippen LogP contribution in [0.5, 0.6) is 0 Å². The molecule has 1 atom stereocenters. The van der Waals surface area contributed by atoms with Gasteiger partial charge < -0.3 is 14.6 Å². The van der Waals surface area contributed by atoms with Crippen LogP contribution < -0.4 is 0 Å². The fraction of sp³-hybridized carbons (Fsp3) is 0.765. The highest BCUT2D eigenvalue weighted by Gasteiger charge is 2.16. The van der Waals surface area contributed by atoms with Gasteiger partial charge in [-0.05, 0) is 51.4 Å². The highest BCUT2D eigenvalue weighted by Crippen LogP contribution is 2.11. The Kier molecular flexibility index (Phi) is 29.2. The monoisotopic (exact) mass is 548 g/mol. The lowest BCUT2D eigenvalue weighted by Gasteiger charge is -2.15. The van der Waals surface area contributed by atoms with Crippen LogP contribution in [0.4, 0.5) is 0 Å². The van der Waals surface area contributed by atoms with E-state index in [1.54, 1.807) is 0 Å². The molecule has 0 bridgehead atoms. The molecule has 39 heavy (non-hydrogen) atoms. The van der Waals surface area contributed by atoms with Gasteiger partial charge in [0.2, 0.25) is 0 Å². The first-order valence-corrected chi connectivity index (χ1v) is 16.0. The highest BCUT2D eigenvalue weighted by molar-refractivity contribution is 5.70. The number of allylic oxidation sites excluding steroid dienone is 6. The lowest BCUT2D eigenvalue weighted by Crippen LogP contribution is -2.28. The molecule has 5 nitrogen and oxygen atoms in total.